The molecule has 0 aliphatic carbocycles. The highest BCUT2D eigenvalue weighted by Crippen LogP contribution is 2.34. The van der Waals surface area contributed by atoms with Gasteiger partial charge in [0.2, 0.25) is 0 Å². The topological polar surface area (TPSA) is 72.5 Å². The predicted octanol–water partition coefficient (Wildman–Crippen LogP) is 5.14. The van der Waals surface area contributed by atoms with Gasteiger partial charge in [0.05, 0.1) is 48.2 Å². The van der Waals surface area contributed by atoms with Crippen LogP contribution in [0.2, 0.25) is 0 Å². The maximum atomic E-state index is 13.7. The molecule has 178 valence electrons. The van der Waals surface area contributed by atoms with E-state index in [9.17, 15) is 4.79 Å². The van der Waals surface area contributed by atoms with Crippen molar-refractivity contribution in [3.05, 3.63) is 70.8 Å². The molecule has 0 saturated heterocycles. The number of methoxy groups -OCH3 is 6. The zero-order valence-electron chi connectivity index (χ0n) is 20.1. The van der Waals surface area contributed by atoms with Crippen LogP contribution in [-0.4, -0.2) is 48.4 Å². The molecular formula is C27H28O7. The van der Waals surface area contributed by atoms with Crippen molar-refractivity contribution in [2.45, 2.75) is 0 Å². The van der Waals surface area contributed by atoms with Crippen LogP contribution >= 0.6 is 0 Å². The Morgan fingerprint density at radius 3 is 1.65 bits per heavy atom. The van der Waals surface area contributed by atoms with Crippen LogP contribution in [0, 0.1) is 0 Å². The first-order valence-electron chi connectivity index (χ1n) is 10.4. The average Bonchev–Trinajstić information content (AvgIpc) is 2.90. The monoisotopic (exact) mass is 464 g/mol. The lowest BCUT2D eigenvalue weighted by molar-refractivity contribution is 0.103. The smallest absolute Gasteiger partial charge is 0.197 e. The molecule has 0 aliphatic rings. The van der Waals surface area contributed by atoms with Crippen LogP contribution in [-0.2, 0) is 0 Å². The van der Waals surface area contributed by atoms with Crippen molar-refractivity contribution in [3.63, 3.8) is 0 Å². The Labute approximate surface area is 199 Å². The molecular weight excluding hydrogens is 436 g/mol. The van der Waals surface area contributed by atoms with Gasteiger partial charge in [0.1, 0.15) is 34.5 Å². The van der Waals surface area contributed by atoms with Gasteiger partial charge >= 0.3 is 0 Å². The number of hydrogen-bond donors (Lipinski definition) is 0. The fourth-order valence-electron chi connectivity index (χ4n) is 3.48. The van der Waals surface area contributed by atoms with Crippen LogP contribution in [0.5, 0.6) is 34.5 Å². The standard InChI is InChI=1S/C27H28O7/c1-29-20-10-9-17(24(15-20)33-5)7-8-18-11-23(32-4)16-25(34-6)26(18)27(28)19-12-21(30-2)14-22(13-19)31-3/h7-16H,1-6H3/b8-7+. The number of carbonyl (C=O) groups is 1. The summed E-state index contributed by atoms with van der Waals surface area (Å²) < 4.78 is 32.4. The number of ether oxygens (including phenoxy) is 6. The number of ketones is 1. The molecule has 0 saturated carbocycles. The summed E-state index contributed by atoms with van der Waals surface area (Å²) in [6.07, 6.45) is 3.68. The Balaban J connectivity index is 2.15. The van der Waals surface area contributed by atoms with Crippen LogP contribution in [0.4, 0.5) is 0 Å². The van der Waals surface area contributed by atoms with Crippen molar-refractivity contribution in [2.24, 2.45) is 0 Å². The molecule has 3 aromatic carbocycles. The fourth-order valence-corrected chi connectivity index (χ4v) is 3.48. The Morgan fingerprint density at radius 2 is 1.09 bits per heavy atom. The lowest BCUT2D eigenvalue weighted by atomic mass is 9.95. The second kappa shape index (κ2) is 11.1. The van der Waals surface area contributed by atoms with Gasteiger partial charge in [0, 0.05) is 29.3 Å². The summed E-state index contributed by atoms with van der Waals surface area (Å²) in [7, 11) is 9.33. The molecule has 0 atom stereocenters. The van der Waals surface area contributed by atoms with Gasteiger partial charge in [0.25, 0.3) is 0 Å². The molecule has 0 amide bonds. The van der Waals surface area contributed by atoms with E-state index in [4.69, 9.17) is 28.4 Å². The number of carbonyl (C=O) groups excluding carboxylic acids is 1. The largest absolute Gasteiger partial charge is 0.497 e. The molecule has 0 spiro atoms. The van der Waals surface area contributed by atoms with Gasteiger partial charge in [-0.1, -0.05) is 12.2 Å². The van der Waals surface area contributed by atoms with E-state index in [1.165, 1.54) is 21.3 Å². The lowest BCUT2D eigenvalue weighted by Gasteiger charge is -2.15. The van der Waals surface area contributed by atoms with Gasteiger partial charge in [-0.3, -0.25) is 4.79 Å². The van der Waals surface area contributed by atoms with E-state index in [0.717, 1.165) is 5.56 Å². The van der Waals surface area contributed by atoms with Crippen LogP contribution in [0.3, 0.4) is 0 Å². The fraction of sp³-hybridized carbons (Fsp3) is 0.222. The molecule has 0 fully saturated rings. The minimum absolute atomic E-state index is 0.252. The summed E-state index contributed by atoms with van der Waals surface area (Å²) in [5.41, 5.74) is 2.20. The number of hydrogen-bond acceptors (Lipinski definition) is 7. The second-order valence-electron chi connectivity index (χ2n) is 7.17. The first-order chi connectivity index (χ1) is 16.5. The summed E-state index contributed by atoms with van der Waals surface area (Å²) in [5, 5.41) is 0. The first-order valence-corrected chi connectivity index (χ1v) is 10.4. The van der Waals surface area contributed by atoms with Gasteiger partial charge in [0.15, 0.2) is 5.78 Å². The predicted molar refractivity (Wildman–Crippen MR) is 131 cm³/mol. The molecule has 7 heteroatoms. The van der Waals surface area contributed by atoms with E-state index in [-0.39, 0.29) is 5.78 Å². The molecule has 0 radical (unpaired) electrons. The maximum absolute atomic E-state index is 13.7. The van der Waals surface area contributed by atoms with E-state index < -0.39 is 0 Å². The third-order valence-corrected chi connectivity index (χ3v) is 5.29. The summed E-state index contributed by atoms with van der Waals surface area (Å²) >= 11 is 0. The van der Waals surface area contributed by atoms with Crippen molar-refractivity contribution in [2.75, 3.05) is 42.7 Å². The van der Waals surface area contributed by atoms with Crippen molar-refractivity contribution < 1.29 is 33.2 Å². The zero-order valence-corrected chi connectivity index (χ0v) is 20.1. The summed E-state index contributed by atoms with van der Waals surface area (Å²) in [6.45, 7) is 0. The maximum Gasteiger partial charge on any atom is 0.197 e. The molecule has 0 unspecified atom stereocenters. The van der Waals surface area contributed by atoms with Crippen LogP contribution < -0.4 is 28.4 Å². The highest BCUT2D eigenvalue weighted by molar-refractivity contribution is 6.13. The van der Waals surface area contributed by atoms with Crippen molar-refractivity contribution >= 4 is 17.9 Å². The highest BCUT2D eigenvalue weighted by atomic mass is 16.5. The lowest BCUT2D eigenvalue weighted by Crippen LogP contribution is -2.08. The molecule has 0 bridgehead atoms. The van der Waals surface area contributed by atoms with Crippen molar-refractivity contribution in [1.29, 1.82) is 0 Å². The van der Waals surface area contributed by atoms with E-state index in [1.807, 2.05) is 24.3 Å². The van der Waals surface area contributed by atoms with Crippen LogP contribution in [0.1, 0.15) is 27.0 Å². The Kier molecular flexibility index (Phi) is 8.03. The highest BCUT2D eigenvalue weighted by Gasteiger charge is 2.21. The zero-order chi connectivity index (χ0) is 24.7. The first kappa shape index (κ1) is 24.5. The minimum Gasteiger partial charge on any atom is -0.497 e. The molecule has 34 heavy (non-hydrogen) atoms. The summed E-state index contributed by atoms with van der Waals surface area (Å²) in [4.78, 5) is 13.7. The van der Waals surface area contributed by atoms with Crippen LogP contribution in [0.15, 0.2) is 48.5 Å². The Bertz CT molecular complexity index is 1180. The number of rotatable bonds is 10. The normalized spacial score (nSPS) is 10.6. The van der Waals surface area contributed by atoms with E-state index in [0.29, 0.717) is 51.2 Å². The molecule has 0 aliphatic heterocycles. The summed E-state index contributed by atoms with van der Waals surface area (Å²) in [5.74, 6) is 3.02. The van der Waals surface area contributed by atoms with Gasteiger partial charge in [-0.2, -0.15) is 0 Å². The Hall–Kier alpha value is -4.13. The number of benzene rings is 3. The molecule has 0 aromatic heterocycles. The molecule has 0 N–H and O–H groups in total. The summed E-state index contributed by atoms with van der Waals surface area (Å²) in [6, 6.07) is 14.0. The van der Waals surface area contributed by atoms with E-state index in [2.05, 4.69) is 0 Å². The molecule has 7 nitrogen and oxygen atoms in total. The molecule has 3 aromatic rings. The van der Waals surface area contributed by atoms with Gasteiger partial charge in [-0.25, -0.2) is 0 Å². The molecule has 0 heterocycles. The third-order valence-electron chi connectivity index (χ3n) is 5.29. The van der Waals surface area contributed by atoms with E-state index >= 15 is 0 Å². The van der Waals surface area contributed by atoms with Crippen LogP contribution in [0.25, 0.3) is 12.2 Å². The minimum atomic E-state index is -0.252. The quantitative estimate of drug-likeness (QED) is 0.304. The Morgan fingerprint density at radius 1 is 0.559 bits per heavy atom. The third kappa shape index (κ3) is 5.26. The SMILES string of the molecule is COc1cc(OC)cc(C(=O)c2c(/C=C/c3ccc(OC)cc3OC)cc(OC)cc2OC)c1. The van der Waals surface area contributed by atoms with Crippen molar-refractivity contribution in [3.8, 4) is 34.5 Å². The van der Waals surface area contributed by atoms with Gasteiger partial charge in [-0.05, 0) is 35.9 Å². The average molecular weight is 465 g/mol. The second-order valence-corrected chi connectivity index (χ2v) is 7.17. The van der Waals surface area contributed by atoms with Crippen molar-refractivity contribution in [1.82, 2.24) is 0 Å². The van der Waals surface area contributed by atoms with E-state index in [1.54, 1.807) is 57.7 Å². The van der Waals surface area contributed by atoms with Gasteiger partial charge < -0.3 is 28.4 Å². The van der Waals surface area contributed by atoms with Gasteiger partial charge in [-0.15, -0.1) is 0 Å². The molecule has 3 rings (SSSR count).